The Morgan fingerprint density at radius 3 is 2.13 bits per heavy atom. The van der Waals surface area contributed by atoms with Crippen molar-refractivity contribution in [2.24, 2.45) is 0 Å². The van der Waals surface area contributed by atoms with E-state index in [-0.39, 0.29) is 0 Å². The first kappa shape index (κ1) is 21.8. The van der Waals surface area contributed by atoms with Crippen molar-refractivity contribution in [2.45, 2.75) is 59.0 Å². The van der Waals surface area contributed by atoms with Crippen LogP contribution in [0.5, 0.6) is 11.6 Å². The van der Waals surface area contributed by atoms with Gasteiger partial charge in [0.05, 0.1) is 24.7 Å². The van der Waals surface area contributed by atoms with Crippen LogP contribution < -0.4 is 9.47 Å². The van der Waals surface area contributed by atoms with Crippen molar-refractivity contribution in [1.29, 1.82) is 0 Å². The van der Waals surface area contributed by atoms with Crippen molar-refractivity contribution < 1.29 is 9.47 Å². The second kappa shape index (κ2) is 12.0. The number of hydrogen-bond donors (Lipinski definition) is 0. The lowest BCUT2D eigenvalue weighted by Crippen LogP contribution is -1.99. The summed E-state index contributed by atoms with van der Waals surface area (Å²) >= 11 is 0. The lowest BCUT2D eigenvalue weighted by Gasteiger charge is -2.08. The van der Waals surface area contributed by atoms with Crippen LogP contribution in [0.3, 0.4) is 0 Å². The third-order valence-electron chi connectivity index (χ3n) is 4.98. The van der Waals surface area contributed by atoms with E-state index in [9.17, 15) is 0 Å². The van der Waals surface area contributed by atoms with Gasteiger partial charge in [-0.15, -0.1) is 0 Å². The van der Waals surface area contributed by atoms with Gasteiger partial charge in [-0.3, -0.25) is 0 Å². The van der Waals surface area contributed by atoms with Crippen molar-refractivity contribution in [3.8, 4) is 22.9 Å². The SMILES string of the molecule is CCCCCCc1ccc(COc2cnc(-c3ccc(OCCC)cc3)cn2)cc1. The van der Waals surface area contributed by atoms with Crippen LogP contribution in [0.4, 0.5) is 0 Å². The van der Waals surface area contributed by atoms with Gasteiger partial charge in [-0.1, -0.05) is 57.4 Å². The Balaban J connectivity index is 1.48. The summed E-state index contributed by atoms with van der Waals surface area (Å²) in [5.74, 6) is 1.41. The molecule has 0 aliphatic carbocycles. The molecule has 3 aromatic rings. The number of aromatic nitrogens is 2. The van der Waals surface area contributed by atoms with Crippen molar-refractivity contribution in [3.63, 3.8) is 0 Å². The lowest BCUT2D eigenvalue weighted by atomic mass is 10.0. The quantitative estimate of drug-likeness (QED) is 0.318. The summed E-state index contributed by atoms with van der Waals surface area (Å²) in [5, 5.41) is 0. The van der Waals surface area contributed by atoms with Crippen LogP contribution in [0.15, 0.2) is 60.9 Å². The zero-order valence-corrected chi connectivity index (χ0v) is 18.1. The maximum Gasteiger partial charge on any atom is 0.232 e. The summed E-state index contributed by atoms with van der Waals surface area (Å²) in [7, 11) is 0. The minimum Gasteiger partial charge on any atom is -0.494 e. The van der Waals surface area contributed by atoms with Gasteiger partial charge in [0, 0.05) is 5.56 Å². The minimum atomic E-state index is 0.494. The molecule has 0 bridgehead atoms. The van der Waals surface area contributed by atoms with Crippen LogP contribution in [0.2, 0.25) is 0 Å². The van der Waals surface area contributed by atoms with Gasteiger partial charge >= 0.3 is 0 Å². The molecule has 0 unspecified atom stereocenters. The molecule has 4 nitrogen and oxygen atoms in total. The molecular formula is C26H32N2O2. The summed E-state index contributed by atoms with van der Waals surface area (Å²) in [6, 6.07) is 16.6. The zero-order valence-electron chi connectivity index (χ0n) is 18.1. The van der Waals surface area contributed by atoms with E-state index in [1.54, 1.807) is 12.4 Å². The van der Waals surface area contributed by atoms with Gasteiger partial charge < -0.3 is 9.47 Å². The molecule has 3 rings (SSSR count). The molecular weight excluding hydrogens is 372 g/mol. The van der Waals surface area contributed by atoms with Crippen molar-refractivity contribution in [3.05, 3.63) is 72.1 Å². The topological polar surface area (TPSA) is 44.2 Å². The van der Waals surface area contributed by atoms with E-state index in [2.05, 4.69) is 48.1 Å². The molecule has 0 aliphatic rings. The first-order chi connectivity index (χ1) is 14.8. The maximum absolute atomic E-state index is 5.81. The molecule has 0 saturated heterocycles. The average molecular weight is 405 g/mol. The van der Waals surface area contributed by atoms with Gasteiger partial charge in [-0.2, -0.15) is 0 Å². The van der Waals surface area contributed by atoms with Crippen LogP contribution in [0.25, 0.3) is 11.3 Å². The summed E-state index contributed by atoms with van der Waals surface area (Å²) in [5.41, 5.74) is 4.36. The smallest absolute Gasteiger partial charge is 0.232 e. The summed E-state index contributed by atoms with van der Waals surface area (Å²) in [6.07, 6.45) is 10.8. The molecule has 0 spiro atoms. The summed E-state index contributed by atoms with van der Waals surface area (Å²) < 4.78 is 11.4. The highest BCUT2D eigenvalue weighted by atomic mass is 16.5. The Kier molecular flexibility index (Phi) is 8.70. The second-order valence-electron chi connectivity index (χ2n) is 7.53. The van der Waals surface area contributed by atoms with Crippen LogP contribution in [0.1, 0.15) is 57.1 Å². The number of benzene rings is 2. The van der Waals surface area contributed by atoms with E-state index in [1.807, 2.05) is 24.3 Å². The predicted octanol–water partition coefficient (Wildman–Crippen LogP) is 6.63. The highest BCUT2D eigenvalue weighted by Gasteiger charge is 2.04. The molecule has 0 radical (unpaired) electrons. The van der Waals surface area contributed by atoms with Gasteiger partial charge in [0.15, 0.2) is 0 Å². The number of aryl methyl sites for hydroxylation is 1. The molecule has 0 N–H and O–H groups in total. The zero-order chi connectivity index (χ0) is 21.0. The molecule has 158 valence electrons. The van der Waals surface area contributed by atoms with E-state index in [0.717, 1.165) is 42.0 Å². The number of unbranched alkanes of at least 4 members (excludes halogenated alkanes) is 3. The minimum absolute atomic E-state index is 0.494. The monoisotopic (exact) mass is 404 g/mol. The lowest BCUT2D eigenvalue weighted by molar-refractivity contribution is 0.292. The van der Waals surface area contributed by atoms with Crippen molar-refractivity contribution in [1.82, 2.24) is 9.97 Å². The van der Waals surface area contributed by atoms with Gasteiger partial charge in [-0.05, 0) is 54.7 Å². The van der Waals surface area contributed by atoms with Crippen molar-refractivity contribution in [2.75, 3.05) is 6.61 Å². The third kappa shape index (κ3) is 6.87. The van der Waals surface area contributed by atoms with Gasteiger partial charge in [0.1, 0.15) is 12.4 Å². The fraction of sp³-hybridized carbons (Fsp3) is 0.385. The standard InChI is InChI=1S/C26H32N2O2/c1-3-5-6-7-8-21-9-11-22(12-10-21)20-30-26-19-27-25(18-28-26)23-13-15-24(16-14-23)29-17-4-2/h9-16,18-19H,3-8,17,20H2,1-2H3. The molecule has 0 aliphatic heterocycles. The predicted molar refractivity (Wildman–Crippen MR) is 122 cm³/mol. The van der Waals surface area contributed by atoms with E-state index >= 15 is 0 Å². The van der Waals surface area contributed by atoms with Crippen LogP contribution >= 0.6 is 0 Å². The largest absolute Gasteiger partial charge is 0.494 e. The average Bonchev–Trinajstić information content (AvgIpc) is 2.81. The Morgan fingerprint density at radius 2 is 1.47 bits per heavy atom. The molecule has 0 amide bonds. The number of hydrogen-bond acceptors (Lipinski definition) is 4. The third-order valence-corrected chi connectivity index (χ3v) is 4.98. The molecule has 0 fully saturated rings. The Bertz CT molecular complexity index is 859. The highest BCUT2D eigenvalue weighted by molar-refractivity contribution is 5.59. The van der Waals surface area contributed by atoms with Crippen LogP contribution in [0, 0.1) is 0 Å². The molecule has 30 heavy (non-hydrogen) atoms. The summed E-state index contributed by atoms with van der Waals surface area (Å²) in [6.45, 7) is 5.56. The molecule has 1 aromatic heterocycles. The Labute approximate surface area is 180 Å². The van der Waals surface area contributed by atoms with Crippen LogP contribution in [-0.2, 0) is 13.0 Å². The number of nitrogens with zero attached hydrogens (tertiary/aromatic N) is 2. The van der Waals surface area contributed by atoms with E-state index in [4.69, 9.17) is 9.47 Å². The first-order valence-corrected chi connectivity index (χ1v) is 11.0. The summed E-state index contributed by atoms with van der Waals surface area (Å²) in [4.78, 5) is 8.89. The molecule has 1 heterocycles. The Hall–Kier alpha value is -2.88. The van der Waals surface area contributed by atoms with Gasteiger partial charge in [0.25, 0.3) is 0 Å². The van der Waals surface area contributed by atoms with Crippen LogP contribution in [-0.4, -0.2) is 16.6 Å². The van der Waals surface area contributed by atoms with E-state index in [0.29, 0.717) is 12.5 Å². The second-order valence-corrected chi connectivity index (χ2v) is 7.53. The number of ether oxygens (including phenoxy) is 2. The normalized spacial score (nSPS) is 10.7. The first-order valence-electron chi connectivity index (χ1n) is 11.0. The van der Waals surface area contributed by atoms with Crippen molar-refractivity contribution >= 4 is 0 Å². The fourth-order valence-electron chi connectivity index (χ4n) is 3.20. The number of rotatable bonds is 12. The molecule has 0 saturated carbocycles. The molecule has 4 heteroatoms. The van der Waals surface area contributed by atoms with Gasteiger partial charge in [-0.25, -0.2) is 9.97 Å². The Morgan fingerprint density at radius 1 is 0.700 bits per heavy atom. The van der Waals surface area contributed by atoms with E-state index < -0.39 is 0 Å². The fourth-order valence-corrected chi connectivity index (χ4v) is 3.20. The maximum atomic E-state index is 5.81. The van der Waals surface area contributed by atoms with E-state index in [1.165, 1.54) is 31.2 Å². The van der Waals surface area contributed by atoms with Gasteiger partial charge in [0.2, 0.25) is 5.88 Å². The molecule has 0 atom stereocenters. The highest BCUT2D eigenvalue weighted by Crippen LogP contribution is 2.21. The molecule has 2 aromatic carbocycles.